The lowest BCUT2D eigenvalue weighted by Gasteiger charge is -2.33. The molecule has 0 aliphatic carbocycles. The maximum Gasteiger partial charge on any atom is 0.393 e. The van der Waals surface area contributed by atoms with Gasteiger partial charge in [-0.2, -0.15) is 13.2 Å². The smallest absolute Gasteiger partial charge is 0.338 e. The van der Waals surface area contributed by atoms with Crippen LogP contribution in [-0.2, 0) is 0 Å². The first-order chi connectivity index (χ1) is 8.88. The molecular formula is C14H16F3NO. The molecule has 2 rings (SSSR count). The molecule has 19 heavy (non-hydrogen) atoms. The predicted molar refractivity (Wildman–Crippen MR) is 65.9 cm³/mol. The molecule has 0 spiro atoms. The second-order valence-corrected chi connectivity index (χ2v) is 5.00. The van der Waals surface area contributed by atoms with E-state index in [4.69, 9.17) is 0 Å². The van der Waals surface area contributed by atoms with Crippen LogP contribution >= 0.6 is 0 Å². The van der Waals surface area contributed by atoms with E-state index in [9.17, 15) is 18.0 Å². The summed E-state index contributed by atoms with van der Waals surface area (Å²) in [5.41, 5.74) is 1.39. The minimum absolute atomic E-state index is 0.112. The summed E-state index contributed by atoms with van der Waals surface area (Å²) in [6.45, 7) is 2.03. The summed E-state index contributed by atoms with van der Waals surface area (Å²) in [6.07, 6.45) is -3.70. The number of carbonyl (C=O) groups excluding carboxylic acids is 1. The molecule has 1 aliphatic heterocycles. The van der Waals surface area contributed by atoms with Crippen molar-refractivity contribution in [1.82, 2.24) is 4.90 Å². The molecule has 1 amide bonds. The first-order valence-corrected chi connectivity index (χ1v) is 6.30. The van der Waals surface area contributed by atoms with Gasteiger partial charge in [-0.1, -0.05) is 17.7 Å². The second kappa shape index (κ2) is 5.23. The average Bonchev–Trinajstić information content (AvgIpc) is 2.37. The molecule has 1 atom stereocenters. The third-order valence-corrected chi connectivity index (χ3v) is 3.44. The number of carbonyl (C=O) groups is 1. The summed E-state index contributed by atoms with van der Waals surface area (Å²) in [7, 11) is 0. The Hall–Kier alpha value is -1.52. The Labute approximate surface area is 110 Å². The van der Waals surface area contributed by atoms with E-state index in [1.807, 2.05) is 13.0 Å². The average molecular weight is 271 g/mol. The normalized spacial score (nSPS) is 20.4. The van der Waals surface area contributed by atoms with Crippen molar-refractivity contribution in [2.24, 2.45) is 5.92 Å². The topological polar surface area (TPSA) is 20.3 Å². The highest BCUT2D eigenvalue weighted by molar-refractivity contribution is 5.94. The van der Waals surface area contributed by atoms with Crippen LogP contribution in [0.1, 0.15) is 28.8 Å². The first kappa shape index (κ1) is 13.9. The maximum atomic E-state index is 12.7. The van der Waals surface area contributed by atoms with Gasteiger partial charge in [-0.15, -0.1) is 0 Å². The molecule has 104 valence electrons. The molecule has 2 nitrogen and oxygen atoms in total. The lowest BCUT2D eigenvalue weighted by atomic mass is 9.97. The molecule has 0 N–H and O–H groups in total. The van der Waals surface area contributed by atoms with Crippen molar-refractivity contribution in [3.8, 4) is 0 Å². The zero-order chi connectivity index (χ0) is 14.0. The minimum atomic E-state index is -4.22. The summed E-state index contributed by atoms with van der Waals surface area (Å²) in [4.78, 5) is 13.5. The van der Waals surface area contributed by atoms with Crippen LogP contribution in [0.15, 0.2) is 24.3 Å². The molecule has 0 unspecified atom stereocenters. The van der Waals surface area contributed by atoms with E-state index in [1.54, 1.807) is 18.2 Å². The quantitative estimate of drug-likeness (QED) is 0.766. The number of likely N-dealkylation sites (tertiary alicyclic amines) is 1. The molecule has 1 heterocycles. The maximum absolute atomic E-state index is 12.7. The Morgan fingerprint density at radius 1 is 1.37 bits per heavy atom. The van der Waals surface area contributed by atoms with Crippen LogP contribution in [0, 0.1) is 12.8 Å². The number of benzene rings is 1. The van der Waals surface area contributed by atoms with Gasteiger partial charge in [0.15, 0.2) is 0 Å². The molecule has 0 radical (unpaired) electrons. The van der Waals surface area contributed by atoms with Crippen LogP contribution in [0.5, 0.6) is 0 Å². The lowest BCUT2D eigenvalue weighted by Crippen LogP contribution is -2.44. The van der Waals surface area contributed by atoms with Gasteiger partial charge in [-0.25, -0.2) is 0 Å². The molecule has 1 aliphatic rings. The number of hydrogen-bond donors (Lipinski definition) is 0. The standard InChI is InChI=1S/C14H16F3NO/c1-10-4-2-5-11(8-10)13(19)18-7-3-6-12(9-18)14(15,16)17/h2,4-5,8,12H,3,6-7,9H2,1H3/t12-/m0/s1. The number of halogens is 3. The zero-order valence-corrected chi connectivity index (χ0v) is 10.7. The highest BCUT2D eigenvalue weighted by Crippen LogP contribution is 2.33. The van der Waals surface area contributed by atoms with Gasteiger partial charge in [0.2, 0.25) is 0 Å². The molecule has 5 heteroatoms. The number of alkyl halides is 3. The van der Waals surface area contributed by atoms with Gasteiger partial charge in [0.05, 0.1) is 5.92 Å². The number of nitrogens with zero attached hydrogens (tertiary/aromatic N) is 1. The number of rotatable bonds is 1. The summed E-state index contributed by atoms with van der Waals surface area (Å²) in [5, 5.41) is 0. The Balaban J connectivity index is 2.11. The molecule has 0 bridgehead atoms. The van der Waals surface area contributed by atoms with Gasteiger partial charge in [-0.3, -0.25) is 4.79 Å². The monoisotopic (exact) mass is 271 g/mol. The summed E-state index contributed by atoms with van der Waals surface area (Å²) in [6, 6.07) is 6.95. The van der Waals surface area contributed by atoms with Crippen molar-refractivity contribution in [1.29, 1.82) is 0 Å². The van der Waals surface area contributed by atoms with Gasteiger partial charge in [0.25, 0.3) is 5.91 Å². The fourth-order valence-corrected chi connectivity index (χ4v) is 2.39. The Morgan fingerprint density at radius 3 is 2.74 bits per heavy atom. The Bertz CT molecular complexity index is 470. The number of aryl methyl sites for hydroxylation is 1. The predicted octanol–water partition coefficient (Wildman–Crippen LogP) is 3.41. The molecule has 1 aromatic carbocycles. The number of piperidine rings is 1. The van der Waals surface area contributed by atoms with Gasteiger partial charge in [0.1, 0.15) is 0 Å². The number of hydrogen-bond acceptors (Lipinski definition) is 1. The second-order valence-electron chi connectivity index (χ2n) is 5.00. The van der Waals surface area contributed by atoms with E-state index in [-0.39, 0.29) is 18.9 Å². The van der Waals surface area contributed by atoms with E-state index in [1.165, 1.54) is 4.90 Å². The number of amides is 1. The Kier molecular flexibility index (Phi) is 3.83. The van der Waals surface area contributed by atoms with Crippen molar-refractivity contribution in [3.05, 3.63) is 35.4 Å². The van der Waals surface area contributed by atoms with Crippen LogP contribution in [0.25, 0.3) is 0 Å². The van der Waals surface area contributed by atoms with E-state index < -0.39 is 12.1 Å². The van der Waals surface area contributed by atoms with Crippen LogP contribution in [-0.4, -0.2) is 30.1 Å². The minimum Gasteiger partial charge on any atom is -0.338 e. The van der Waals surface area contributed by atoms with Gasteiger partial charge >= 0.3 is 6.18 Å². The molecular weight excluding hydrogens is 255 g/mol. The van der Waals surface area contributed by atoms with Crippen LogP contribution in [0.3, 0.4) is 0 Å². The van der Waals surface area contributed by atoms with Gasteiger partial charge < -0.3 is 4.90 Å². The SMILES string of the molecule is Cc1cccc(C(=O)N2CCC[C@H](C(F)(F)F)C2)c1. The van der Waals surface area contributed by atoms with Crippen LogP contribution in [0.2, 0.25) is 0 Å². The molecule has 1 saturated heterocycles. The largest absolute Gasteiger partial charge is 0.393 e. The molecule has 1 aromatic rings. The molecule has 0 saturated carbocycles. The van der Waals surface area contributed by atoms with Crippen LogP contribution in [0.4, 0.5) is 13.2 Å². The van der Waals surface area contributed by atoms with Gasteiger partial charge in [-0.05, 0) is 31.9 Å². The van der Waals surface area contributed by atoms with Crippen molar-refractivity contribution in [2.75, 3.05) is 13.1 Å². The Morgan fingerprint density at radius 2 is 2.11 bits per heavy atom. The van der Waals surface area contributed by atoms with E-state index >= 15 is 0 Å². The van der Waals surface area contributed by atoms with E-state index in [0.29, 0.717) is 18.5 Å². The summed E-state index contributed by atoms with van der Waals surface area (Å²) in [5.74, 6) is -1.70. The van der Waals surface area contributed by atoms with Crippen molar-refractivity contribution in [2.45, 2.75) is 25.9 Å². The van der Waals surface area contributed by atoms with Crippen LogP contribution < -0.4 is 0 Å². The third-order valence-electron chi connectivity index (χ3n) is 3.44. The van der Waals surface area contributed by atoms with Crippen molar-refractivity contribution < 1.29 is 18.0 Å². The highest BCUT2D eigenvalue weighted by Gasteiger charge is 2.42. The van der Waals surface area contributed by atoms with Crippen molar-refractivity contribution in [3.63, 3.8) is 0 Å². The first-order valence-electron chi connectivity index (χ1n) is 6.30. The highest BCUT2D eigenvalue weighted by atomic mass is 19.4. The van der Waals surface area contributed by atoms with E-state index in [2.05, 4.69) is 0 Å². The summed E-state index contributed by atoms with van der Waals surface area (Å²) < 4.78 is 38.1. The zero-order valence-electron chi connectivity index (χ0n) is 10.7. The van der Waals surface area contributed by atoms with Crippen molar-refractivity contribution >= 4 is 5.91 Å². The van der Waals surface area contributed by atoms with Gasteiger partial charge in [0, 0.05) is 18.7 Å². The lowest BCUT2D eigenvalue weighted by molar-refractivity contribution is -0.184. The fourth-order valence-electron chi connectivity index (χ4n) is 2.39. The molecule has 0 aromatic heterocycles. The third kappa shape index (κ3) is 3.28. The molecule has 1 fully saturated rings. The fraction of sp³-hybridized carbons (Fsp3) is 0.500. The summed E-state index contributed by atoms with van der Waals surface area (Å²) >= 11 is 0. The van der Waals surface area contributed by atoms with E-state index in [0.717, 1.165) is 5.56 Å².